The SMILES string of the molecule is O=C(NC[C@@H](O)c1ccccc1)c1ccccc1Sc1ccc2c(/C=C/c3ccccn3)n[nH]c2c1. The van der Waals surface area contributed by atoms with Crippen LogP contribution in [0.25, 0.3) is 23.1 Å². The third kappa shape index (κ3) is 5.54. The number of aliphatic hydroxyl groups excluding tert-OH is 1. The minimum absolute atomic E-state index is 0.136. The van der Waals surface area contributed by atoms with Gasteiger partial charge >= 0.3 is 0 Å². The molecule has 1 amide bonds. The lowest BCUT2D eigenvalue weighted by atomic mass is 10.1. The van der Waals surface area contributed by atoms with Gasteiger partial charge in [0.25, 0.3) is 5.91 Å². The predicted octanol–water partition coefficient (Wildman–Crippen LogP) is 5.74. The van der Waals surface area contributed by atoms with Crippen molar-refractivity contribution in [1.29, 1.82) is 0 Å². The van der Waals surface area contributed by atoms with Crippen LogP contribution in [-0.2, 0) is 0 Å². The Kier molecular flexibility index (Phi) is 7.21. The highest BCUT2D eigenvalue weighted by Crippen LogP contribution is 2.33. The maximum Gasteiger partial charge on any atom is 0.252 e. The van der Waals surface area contributed by atoms with E-state index in [1.807, 2.05) is 97.1 Å². The monoisotopic (exact) mass is 492 g/mol. The highest BCUT2D eigenvalue weighted by molar-refractivity contribution is 7.99. The Balaban J connectivity index is 1.29. The highest BCUT2D eigenvalue weighted by atomic mass is 32.2. The van der Waals surface area contributed by atoms with Gasteiger partial charge in [0.2, 0.25) is 0 Å². The Bertz CT molecular complexity index is 1500. The van der Waals surface area contributed by atoms with Crippen LogP contribution in [0, 0.1) is 0 Å². The largest absolute Gasteiger partial charge is 0.387 e. The number of H-pyrrole nitrogens is 1. The van der Waals surface area contributed by atoms with Crippen molar-refractivity contribution in [2.45, 2.75) is 15.9 Å². The van der Waals surface area contributed by atoms with Crippen LogP contribution in [0.4, 0.5) is 0 Å². The van der Waals surface area contributed by atoms with Crippen molar-refractivity contribution in [3.63, 3.8) is 0 Å². The Morgan fingerprint density at radius 2 is 1.78 bits per heavy atom. The maximum atomic E-state index is 12.9. The Hall–Kier alpha value is -4.20. The molecule has 0 unspecified atom stereocenters. The quantitative estimate of drug-likeness (QED) is 0.257. The van der Waals surface area contributed by atoms with E-state index in [1.54, 1.807) is 12.3 Å². The zero-order chi connectivity index (χ0) is 24.7. The van der Waals surface area contributed by atoms with Crippen molar-refractivity contribution in [3.8, 4) is 0 Å². The molecular weight excluding hydrogens is 468 g/mol. The lowest BCUT2D eigenvalue weighted by Crippen LogP contribution is -2.28. The molecule has 5 rings (SSSR count). The van der Waals surface area contributed by atoms with Gasteiger partial charge in [-0.2, -0.15) is 5.10 Å². The van der Waals surface area contributed by atoms with Crippen LogP contribution in [0.5, 0.6) is 0 Å². The first kappa shape index (κ1) is 23.5. The topological polar surface area (TPSA) is 90.9 Å². The van der Waals surface area contributed by atoms with Gasteiger partial charge in [0.05, 0.1) is 28.6 Å². The number of aliphatic hydroxyl groups is 1. The van der Waals surface area contributed by atoms with E-state index >= 15 is 0 Å². The molecule has 178 valence electrons. The molecule has 1 atom stereocenters. The number of amides is 1. The lowest BCUT2D eigenvalue weighted by molar-refractivity contribution is 0.0913. The second kappa shape index (κ2) is 11.0. The van der Waals surface area contributed by atoms with E-state index < -0.39 is 6.10 Å². The van der Waals surface area contributed by atoms with Crippen LogP contribution in [0.15, 0.2) is 107 Å². The van der Waals surface area contributed by atoms with E-state index in [9.17, 15) is 9.90 Å². The van der Waals surface area contributed by atoms with Crippen molar-refractivity contribution in [1.82, 2.24) is 20.5 Å². The van der Waals surface area contributed by atoms with Crippen molar-refractivity contribution < 1.29 is 9.90 Å². The molecule has 2 aromatic heterocycles. The molecule has 0 saturated carbocycles. The van der Waals surface area contributed by atoms with E-state index in [4.69, 9.17) is 0 Å². The molecule has 0 bridgehead atoms. The highest BCUT2D eigenvalue weighted by Gasteiger charge is 2.15. The fraction of sp³-hybridized carbons (Fsp3) is 0.0690. The summed E-state index contributed by atoms with van der Waals surface area (Å²) in [6.07, 6.45) is 4.87. The van der Waals surface area contributed by atoms with E-state index in [1.165, 1.54) is 11.8 Å². The molecule has 36 heavy (non-hydrogen) atoms. The third-order valence-corrected chi connectivity index (χ3v) is 6.73. The summed E-state index contributed by atoms with van der Waals surface area (Å²) < 4.78 is 0. The number of nitrogens with zero attached hydrogens (tertiary/aromatic N) is 2. The first-order valence-electron chi connectivity index (χ1n) is 11.5. The first-order chi connectivity index (χ1) is 17.7. The second-order valence-corrected chi connectivity index (χ2v) is 9.25. The Morgan fingerprint density at radius 1 is 0.972 bits per heavy atom. The molecule has 5 aromatic rings. The molecule has 7 heteroatoms. The van der Waals surface area contributed by atoms with Crippen molar-refractivity contribution in [2.24, 2.45) is 0 Å². The van der Waals surface area contributed by atoms with Crippen molar-refractivity contribution >= 4 is 40.7 Å². The summed E-state index contributed by atoms with van der Waals surface area (Å²) in [6, 6.07) is 28.6. The average molecular weight is 493 g/mol. The van der Waals surface area contributed by atoms with Crippen LogP contribution >= 0.6 is 11.8 Å². The number of carbonyl (C=O) groups is 1. The number of hydrogen-bond acceptors (Lipinski definition) is 5. The number of benzene rings is 3. The summed E-state index contributed by atoms with van der Waals surface area (Å²) >= 11 is 1.51. The number of rotatable bonds is 8. The van der Waals surface area contributed by atoms with Crippen LogP contribution < -0.4 is 5.32 Å². The number of aromatic amines is 1. The van der Waals surface area contributed by atoms with Gasteiger partial charge in [-0.15, -0.1) is 0 Å². The molecule has 0 saturated heterocycles. The van der Waals surface area contributed by atoms with Crippen LogP contribution in [0.3, 0.4) is 0 Å². The predicted molar refractivity (Wildman–Crippen MR) is 144 cm³/mol. The van der Waals surface area contributed by atoms with Gasteiger partial charge in [-0.05, 0) is 60.2 Å². The van der Waals surface area contributed by atoms with Gasteiger partial charge < -0.3 is 10.4 Å². The summed E-state index contributed by atoms with van der Waals surface area (Å²) in [4.78, 5) is 19.1. The van der Waals surface area contributed by atoms with Gasteiger partial charge in [-0.1, -0.05) is 60.3 Å². The molecule has 0 fully saturated rings. The zero-order valence-corrected chi connectivity index (χ0v) is 20.2. The smallest absolute Gasteiger partial charge is 0.252 e. The van der Waals surface area contributed by atoms with Crippen LogP contribution in [0.1, 0.15) is 33.4 Å². The molecule has 3 N–H and O–H groups in total. The van der Waals surface area contributed by atoms with E-state index in [-0.39, 0.29) is 12.5 Å². The van der Waals surface area contributed by atoms with Crippen LogP contribution in [-0.4, -0.2) is 32.7 Å². The third-order valence-electron chi connectivity index (χ3n) is 5.66. The number of fused-ring (bicyclic) bond motifs is 1. The van der Waals surface area contributed by atoms with Gasteiger partial charge in [-0.3, -0.25) is 14.9 Å². The van der Waals surface area contributed by atoms with Crippen molar-refractivity contribution in [2.75, 3.05) is 6.54 Å². The molecule has 6 nitrogen and oxygen atoms in total. The van der Waals surface area contributed by atoms with E-state index in [2.05, 4.69) is 20.5 Å². The summed E-state index contributed by atoms with van der Waals surface area (Å²) in [5.41, 5.74) is 3.94. The normalized spacial score (nSPS) is 12.1. The van der Waals surface area contributed by atoms with Gasteiger partial charge in [0.1, 0.15) is 0 Å². The first-order valence-corrected chi connectivity index (χ1v) is 12.3. The Morgan fingerprint density at radius 3 is 2.61 bits per heavy atom. The average Bonchev–Trinajstić information content (AvgIpc) is 3.34. The summed E-state index contributed by atoms with van der Waals surface area (Å²) in [5.74, 6) is -0.224. The van der Waals surface area contributed by atoms with Gasteiger partial charge in [0, 0.05) is 27.9 Å². The van der Waals surface area contributed by atoms with Crippen molar-refractivity contribution in [3.05, 3.63) is 120 Å². The molecular formula is C29H24N4O2S. The van der Waals surface area contributed by atoms with Crippen LogP contribution in [0.2, 0.25) is 0 Å². The van der Waals surface area contributed by atoms with E-state index in [0.717, 1.165) is 37.6 Å². The molecule has 2 heterocycles. The minimum Gasteiger partial charge on any atom is -0.387 e. The molecule has 0 aliphatic rings. The summed E-state index contributed by atoms with van der Waals surface area (Å²) in [5, 5.41) is 21.8. The fourth-order valence-corrected chi connectivity index (χ4v) is 4.78. The van der Waals surface area contributed by atoms with E-state index in [0.29, 0.717) is 5.56 Å². The lowest BCUT2D eigenvalue weighted by Gasteiger charge is -2.14. The second-order valence-electron chi connectivity index (χ2n) is 8.14. The number of carbonyl (C=O) groups excluding carboxylic acids is 1. The number of nitrogens with one attached hydrogen (secondary N) is 2. The molecule has 3 aromatic carbocycles. The summed E-state index contributed by atoms with van der Waals surface area (Å²) in [7, 11) is 0. The maximum absolute atomic E-state index is 12.9. The van der Waals surface area contributed by atoms with Gasteiger partial charge in [0.15, 0.2) is 0 Å². The molecule has 0 spiro atoms. The number of aromatic nitrogens is 3. The number of hydrogen-bond donors (Lipinski definition) is 3. The van der Waals surface area contributed by atoms with Gasteiger partial charge in [-0.25, -0.2) is 0 Å². The summed E-state index contributed by atoms with van der Waals surface area (Å²) in [6.45, 7) is 0.136. The molecule has 0 radical (unpaired) electrons. The molecule has 0 aliphatic carbocycles. The molecule has 0 aliphatic heterocycles. The standard InChI is InChI=1S/C29H24N4O2S/c34-27(20-8-2-1-3-9-20)19-31-29(35)24-11-4-5-12-28(24)36-22-14-15-23-25(32-33-26(23)18-22)16-13-21-10-6-7-17-30-21/h1-18,27,34H,19H2,(H,31,35)(H,32,33)/b16-13+/t27-/m1/s1. The fourth-order valence-electron chi connectivity index (χ4n) is 3.80. The zero-order valence-electron chi connectivity index (χ0n) is 19.3. The number of pyridine rings is 1. The minimum atomic E-state index is -0.765. The Labute approximate surface area is 213 Å².